The lowest BCUT2D eigenvalue weighted by atomic mass is 9.97. The highest BCUT2D eigenvalue weighted by Crippen LogP contribution is 2.18. The van der Waals surface area contributed by atoms with Crippen LogP contribution in [0.3, 0.4) is 0 Å². The van der Waals surface area contributed by atoms with E-state index < -0.39 is 9.84 Å². The largest absolute Gasteiger partial charge is 0.303 e. The minimum atomic E-state index is -2.90. The van der Waals surface area contributed by atoms with Gasteiger partial charge >= 0.3 is 0 Å². The van der Waals surface area contributed by atoms with Crippen LogP contribution >= 0.6 is 0 Å². The molecule has 0 fully saturated rings. The molecule has 0 spiro atoms. The molecule has 0 radical (unpaired) electrons. The van der Waals surface area contributed by atoms with Gasteiger partial charge in [0.15, 0.2) is 0 Å². The number of rotatable bonds is 6. The van der Waals surface area contributed by atoms with E-state index in [2.05, 4.69) is 0 Å². The van der Waals surface area contributed by atoms with E-state index in [1.165, 1.54) is 6.26 Å². The zero-order chi connectivity index (χ0) is 12.9. The number of aldehydes is 1. The van der Waals surface area contributed by atoms with Crippen LogP contribution in [0.4, 0.5) is 0 Å². The molecule has 0 heterocycles. The van der Waals surface area contributed by atoms with Gasteiger partial charge in [0.1, 0.15) is 16.1 Å². The summed E-state index contributed by atoms with van der Waals surface area (Å²) in [5.74, 6) is 0.396. The van der Waals surface area contributed by atoms with Crippen LogP contribution in [0.15, 0.2) is 24.3 Å². The molecule has 1 aromatic rings. The molecule has 0 saturated carbocycles. The smallest absolute Gasteiger partial charge is 0.147 e. The highest BCUT2D eigenvalue weighted by atomic mass is 32.2. The van der Waals surface area contributed by atoms with Crippen molar-refractivity contribution in [3.05, 3.63) is 35.4 Å². The van der Waals surface area contributed by atoms with Gasteiger partial charge in [-0.1, -0.05) is 31.2 Å². The van der Waals surface area contributed by atoms with Crippen molar-refractivity contribution in [1.82, 2.24) is 0 Å². The van der Waals surface area contributed by atoms with Crippen LogP contribution in [0.2, 0.25) is 0 Å². The average Bonchev–Trinajstić information content (AvgIpc) is 2.26. The molecule has 0 aliphatic rings. The minimum absolute atomic E-state index is 0.177. The van der Waals surface area contributed by atoms with Gasteiger partial charge in [-0.3, -0.25) is 0 Å². The summed E-state index contributed by atoms with van der Waals surface area (Å²) in [7, 11) is -2.90. The zero-order valence-electron chi connectivity index (χ0n) is 10.2. The molecule has 94 valence electrons. The Morgan fingerprint density at radius 2 is 1.82 bits per heavy atom. The molecule has 0 aliphatic carbocycles. The number of aryl methyl sites for hydroxylation is 1. The third kappa shape index (κ3) is 5.13. The monoisotopic (exact) mass is 254 g/mol. The number of carbonyl (C=O) groups excluding carboxylic acids is 1. The van der Waals surface area contributed by atoms with E-state index >= 15 is 0 Å². The first-order valence-electron chi connectivity index (χ1n) is 5.62. The van der Waals surface area contributed by atoms with Crippen molar-refractivity contribution in [2.24, 2.45) is 0 Å². The van der Waals surface area contributed by atoms with E-state index in [-0.39, 0.29) is 11.7 Å². The molecule has 0 aliphatic heterocycles. The molecule has 1 rings (SSSR count). The fourth-order valence-electron chi connectivity index (χ4n) is 1.60. The molecule has 1 aromatic carbocycles. The van der Waals surface area contributed by atoms with Crippen molar-refractivity contribution in [2.75, 3.05) is 12.0 Å². The number of hydrogen-bond donors (Lipinski definition) is 0. The molecule has 4 heteroatoms. The molecule has 0 bridgehead atoms. The van der Waals surface area contributed by atoms with E-state index in [1.54, 1.807) is 0 Å². The summed E-state index contributed by atoms with van der Waals surface area (Å²) in [6, 6.07) is 7.79. The Morgan fingerprint density at radius 3 is 2.29 bits per heavy atom. The van der Waals surface area contributed by atoms with E-state index in [4.69, 9.17) is 0 Å². The second kappa shape index (κ2) is 5.96. The number of carbonyl (C=O) groups is 1. The van der Waals surface area contributed by atoms with Crippen LogP contribution < -0.4 is 0 Å². The van der Waals surface area contributed by atoms with Crippen molar-refractivity contribution in [3.63, 3.8) is 0 Å². The van der Waals surface area contributed by atoms with Gasteiger partial charge in [-0.2, -0.15) is 0 Å². The zero-order valence-corrected chi connectivity index (χ0v) is 11.0. The van der Waals surface area contributed by atoms with E-state index in [0.29, 0.717) is 12.8 Å². The summed E-state index contributed by atoms with van der Waals surface area (Å²) >= 11 is 0. The SMILES string of the molecule is CC(CC=O)c1ccc(CCS(C)(=O)=O)cc1. The van der Waals surface area contributed by atoms with Gasteiger partial charge in [-0.15, -0.1) is 0 Å². The van der Waals surface area contributed by atoms with Gasteiger partial charge < -0.3 is 4.79 Å². The third-order valence-corrected chi connectivity index (χ3v) is 3.71. The standard InChI is InChI=1S/C13H18O3S/c1-11(7-9-14)13-5-3-12(4-6-13)8-10-17(2,15)16/h3-6,9,11H,7-8,10H2,1-2H3. The first-order chi connectivity index (χ1) is 7.92. The topological polar surface area (TPSA) is 51.2 Å². The molecule has 17 heavy (non-hydrogen) atoms. The fourth-order valence-corrected chi connectivity index (χ4v) is 2.20. The molecular weight excluding hydrogens is 236 g/mol. The average molecular weight is 254 g/mol. The molecule has 0 aromatic heterocycles. The van der Waals surface area contributed by atoms with Gasteiger partial charge in [-0.05, 0) is 23.5 Å². The van der Waals surface area contributed by atoms with E-state index in [1.807, 2.05) is 31.2 Å². The highest BCUT2D eigenvalue weighted by Gasteiger charge is 2.06. The van der Waals surface area contributed by atoms with Crippen LogP contribution in [0, 0.1) is 0 Å². The maximum Gasteiger partial charge on any atom is 0.147 e. The first-order valence-corrected chi connectivity index (χ1v) is 7.68. The lowest BCUT2D eigenvalue weighted by molar-refractivity contribution is -0.108. The summed E-state index contributed by atoms with van der Waals surface area (Å²) < 4.78 is 22.1. The second-order valence-electron chi connectivity index (χ2n) is 4.42. The maximum absolute atomic E-state index is 11.0. The molecule has 0 amide bonds. The summed E-state index contributed by atoms with van der Waals surface area (Å²) in [6.07, 6.45) is 3.22. The van der Waals surface area contributed by atoms with Crippen molar-refractivity contribution >= 4 is 16.1 Å². The van der Waals surface area contributed by atoms with Crippen LogP contribution in [0.25, 0.3) is 0 Å². The van der Waals surface area contributed by atoms with Crippen LogP contribution in [-0.2, 0) is 21.1 Å². The summed E-state index contributed by atoms with van der Waals surface area (Å²) in [5.41, 5.74) is 2.12. The van der Waals surface area contributed by atoms with Gasteiger partial charge in [0, 0.05) is 12.7 Å². The lowest BCUT2D eigenvalue weighted by Crippen LogP contribution is -2.06. The quantitative estimate of drug-likeness (QED) is 0.729. The van der Waals surface area contributed by atoms with Gasteiger partial charge in [0.2, 0.25) is 0 Å². The molecule has 1 unspecified atom stereocenters. The summed E-state index contributed by atoms with van der Waals surface area (Å²) in [4.78, 5) is 10.4. The Labute approximate surface area is 103 Å². The van der Waals surface area contributed by atoms with E-state index in [0.717, 1.165) is 17.4 Å². The molecule has 1 atom stereocenters. The fraction of sp³-hybridized carbons (Fsp3) is 0.462. The van der Waals surface area contributed by atoms with Crippen LogP contribution in [0.1, 0.15) is 30.4 Å². The minimum Gasteiger partial charge on any atom is -0.303 e. The number of sulfone groups is 1. The predicted octanol–water partition coefficient (Wildman–Crippen LogP) is 1.97. The highest BCUT2D eigenvalue weighted by molar-refractivity contribution is 7.90. The van der Waals surface area contributed by atoms with Gasteiger partial charge in [0.25, 0.3) is 0 Å². The van der Waals surface area contributed by atoms with Gasteiger partial charge in [0.05, 0.1) is 5.75 Å². The maximum atomic E-state index is 11.0. The Balaban J connectivity index is 2.65. The predicted molar refractivity (Wildman–Crippen MR) is 69.0 cm³/mol. The summed E-state index contributed by atoms with van der Waals surface area (Å²) in [5, 5.41) is 0. The van der Waals surface area contributed by atoms with Crippen molar-refractivity contribution in [1.29, 1.82) is 0 Å². The molecular formula is C13H18O3S. The number of hydrogen-bond acceptors (Lipinski definition) is 3. The molecule has 0 N–H and O–H groups in total. The Hall–Kier alpha value is -1.16. The lowest BCUT2D eigenvalue weighted by Gasteiger charge is -2.09. The van der Waals surface area contributed by atoms with Crippen molar-refractivity contribution < 1.29 is 13.2 Å². The molecule has 0 saturated heterocycles. The van der Waals surface area contributed by atoms with Crippen LogP contribution in [0.5, 0.6) is 0 Å². The normalized spacial score (nSPS) is 13.3. The Kier molecular flexibility index (Phi) is 4.87. The van der Waals surface area contributed by atoms with Crippen molar-refractivity contribution in [2.45, 2.75) is 25.7 Å². The third-order valence-electron chi connectivity index (χ3n) is 2.76. The first kappa shape index (κ1) is 13.9. The second-order valence-corrected chi connectivity index (χ2v) is 6.68. The van der Waals surface area contributed by atoms with Crippen molar-refractivity contribution in [3.8, 4) is 0 Å². The van der Waals surface area contributed by atoms with E-state index in [9.17, 15) is 13.2 Å². The number of benzene rings is 1. The molecule has 3 nitrogen and oxygen atoms in total. The van der Waals surface area contributed by atoms with Gasteiger partial charge in [-0.25, -0.2) is 8.42 Å². The summed E-state index contributed by atoms with van der Waals surface area (Å²) in [6.45, 7) is 2.00. The van der Waals surface area contributed by atoms with Crippen LogP contribution in [-0.4, -0.2) is 26.7 Å². The Morgan fingerprint density at radius 1 is 1.24 bits per heavy atom. The Bertz CT molecular complexity index is 460.